The maximum atomic E-state index is 12.4. The molecule has 2 N–H and O–H groups in total. The average Bonchev–Trinajstić information content (AvgIpc) is 2.38. The average molecular weight is 381 g/mol. The summed E-state index contributed by atoms with van der Waals surface area (Å²) < 4.78 is 28.1. The Labute approximate surface area is 134 Å². The molecule has 0 radical (unpaired) electrons. The SMILES string of the molecule is CCSCC(C)NS(=O)(=O)c1cc(CNC)ccc1Br. The molecule has 1 rings (SSSR count). The van der Waals surface area contributed by atoms with Gasteiger partial charge in [-0.05, 0) is 53.4 Å². The molecule has 1 aromatic carbocycles. The van der Waals surface area contributed by atoms with E-state index in [0.29, 0.717) is 15.9 Å². The van der Waals surface area contributed by atoms with Gasteiger partial charge in [-0.3, -0.25) is 0 Å². The van der Waals surface area contributed by atoms with Gasteiger partial charge in [0.25, 0.3) is 0 Å². The van der Waals surface area contributed by atoms with E-state index in [9.17, 15) is 8.42 Å². The van der Waals surface area contributed by atoms with Gasteiger partial charge < -0.3 is 5.32 Å². The summed E-state index contributed by atoms with van der Waals surface area (Å²) in [7, 11) is -1.67. The highest BCUT2D eigenvalue weighted by atomic mass is 79.9. The van der Waals surface area contributed by atoms with Crippen LogP contribution in [0.4, 0.5) is 0 Å². The number of benzene rings is 1. The molecule has 1 atom stereocenters. The lowest BCUT2D eigenvalue weighted by molar-refractivity contribution is 0.570. The van der Waals surface area contributed by atoms with Gasteiger partial charge in [0.2, 0.25) is 10.0 Å². The zero-order valence-corrected chi connectivity index (χ0v) is 15.2. The number of rotatable bonds is 8. The predicted molar refractivity (Wildman–Crippen MR) is 89.7 cm³/mol. The molecule has 1 unspecified atom stereocenters. The van der Waals surface area contributed by atoms with Crippen LogP contribution in [0.5, 0.6) is 0 Å². The highest BCUT2D eigenvalue weighted by Crippen LogP contribution is 2.23. The summed E-state index contributed by atoms with van der Waals surface area (Å²) in [5.41, 5.74) is 0.937. The molecule has 1 aromatic rings. The van der Waals surface area contributed by atoms with Crippen molar-refractivity contribution in [1.82, 2.24) is 10.0 Å². The molecule has 0 fully saturated rings. The Morgan fingerprint density at radius 3 is 2.70 bits per heavy atom. The highest BCUT2D eigenvalue weighted by Gasteiger charge is 2.20. The minimum Gasteiger partial charge on any atom is -0.316 e. The zero-order valence-electron chi connectivity index (χ0n) is 11.9. The van der Waals surface area contributed by atoms with Crippen molar-refractivity contribution in [2.45, 2.75) is 31.3 Å². The van der Waals surface area contributed by atoms with Crippen molar-refractivity contribution >= 4 is 37.7 Å². The van der Waals surface area contributed by atoms with Gasteiger partial charge in [0.05, 0.1) is 4.90 Å². The maximum Gasteiger partial charge on any atom is 0.241 e. The lowest BCUT2D eigenvalue weighted by atomic mass is 10.2. The molecule has 114 valence electrons. The summed E-state index contributed by atoms with van der Waals surface area (Å²) in [6, 6.07) is 5.27. The minimum absolute atomic E-state index is 0.0928. The predicted octanol–water partition coefficient (Wildman–Crippen LogP) is 2.59. The molecular formula is C13H21BrN2O2S2. The molecule has 0 aliphatic rings. The van der Waals surface area contributed by atoms with E-state index in [4.69, 9.17) is 0 Å². The van der Waals surface area contributed by atoms with E-state index in [0.717, 1.165) is 17.1 Å². The van der Waals surface area contributed by atoms with E-state index in [1.165, 1.54) is 0 Å². The van der Waals surface area contributed by atoms with E-state index in [1.807, 2.05) is 20.0 Å². The largest absolute Gasteiger partial charge is 0.316 e. The van der Waals surface area contributed by atoms with Crippen molar-refractivity contribution in [3.05, 3.63) is 28.2 Å². The van der Waals surface area contributed by atoms with Crippen LogP contribution in [0.15, 0.2) is 27.6 Å². The first-order chi connectivity index (χ1) is 9.40. The molecule has 0 spiro atoms. The monoisotopic (exact) mass is 380 g/mol. The Hall–Kier alpha value is -0.0800. The fraction of sp³-hybridized carbons (Fsp3) is 0.538. The van der Waals surface area contributed by atoms with Crippen LogP contribution in [-0.2, 0) is 16.6 Å². The quantitative estimate of drug-likeness (QED) is 0.727. The minimum atomic E-state index is -3.50. The Bertz CT molecular complexity index is 535. The third-order valence-corrected chi connectivity index (χ3v) is 6.32. The second kappa shape index (κ2) is 8.38. The van der Waals surface area contributed by atoms with Crippen molar-refractivity contribution in [1.29, 1.82) is 0 Å². The summed E-state index contributed by atoms with van der Waals surface area (Å²) in [5.74, 6) is 1.75. The van der Waals surface area contributed by atoms with E-state index < -0.39 is 10.0 Å². The summed E-state index contributed by atoms with van der Waals surface area (Å²) >= 11 is 5.03. The standard InChI is InChI=1S/C13H21BrN2O2S2/c1-4-19-9-10(2)16-20(17,18)13-7-11(8-15-3)5-6-12(13)14/h5-7,10,15-16H,4,8-9H2,1-3H3. The maximum absolute atomic E-state index is 12.4. The number of hydrogen-bond acceptors (Lipinski definition) is 4. The van der Waals surface area contributed by atoms with Gasteiger partial charge in [0, 0.05) is 22.8 Å². The molecule has 0 bridgehead atoms. The third-order valence-electron chi connectivity index (χ3n) is 2.59. The van der Waals surface area contributed by atoms with Crippen LogP contribution < -0.4 is 10.0 Å². The molecule has 0 aliphatic carbocycles. The Balaban J connectivity index is 2.93. The highest BCUT2D eigenvalue weighted by molar-refractivity contribution is 9.10. The molecule has 0 amide bonds. The van der Waals surface area contributed by atoms with Crippen LogP contribution in [0.25, 0.3) is 0 Å². The molecule has 20 heavy (non-hydrogen) atoms. The second-order valence-corrected chi connectivity index (χ2v) is 8.33. The van der Waals surface area contributed by atoms with Crippen LogP contribution in [-0.4, -0.2) is 33.0 Å². The van der Waals surface area contributed by atoms with Crippen molar-refractivity contribution < 1.29 is 8.42 Å². The number of thioether (sulfide) groups is 1. The van der Waals surface area contributed by atoms with Crippen molar-refractivity contribution in [3.8, 4) is 0 Å². The lowest BCUT2D eigenvalue weighted by Crippen LogP contribution is -2.34. The molecule has 4 nitrogen and oxygen atoms in total. The Kier molecular flexibility index (Phi) is 7.53. The van der Waals surface area contributed by atoms with Gasteiger partial charge in [-0.2, -0.15) is 11.8 Å². The molecule has 0 aromatic heterocycles. The first-order valence-electron chi connectivity index (χ1n) is 6.43. The number of halogens is 1. The molecule has 0 heterocycles. The summed E-state index contributed by atoms with van der Waals surface area (Å²) in [6.07, 6.45) is 0. The van der Waals surface area contributed by atoms with Gasteiger partial charge >= 0.3 is 0 Å². The van der Waals surface area contributed by atoms with E-state index >= 15 is 0 Å². The van der Waals surface area contributed by atoms with Gasteiger partial charge in [0.1, 0.15) is 0 Å². The van der Waals surface area contributed by atoms with Gasteiger partial charge in [-0.25, -0.2) is 13.1 Å². The summed E-state index contributed by atoms with van der Waals surface area (Å²) in [4.78, 5) is 0.290. The van der Waals surface area contributed by atoms with Crippen molar-refractivity contribution in [2.75, 3.05) is 18.6 Å². The topological polar surface area (TPSA) is 58.2 Å². The number of hydrogen-bond donors (Lipinski definition) is 2. The van der Waals surface area contributed by atoms with Crippen LogP contribution in [0, 0.1) is 0 Å². The smallest absolute Gasteiger partial charge is 0.241 e. The zero-order chi connectivity index (χ0) is 15.2. The van der Waals surface area contributed by atoms with Gasteiger partial charge in [-0.1, -0.05) is 13.0 Å². The Morgan fingerprint density at radius 2 is 2.10 bits per heavy atom. The summed E-state index contributed by atoms with van der Waals surface area (Å²) in [6.45, 7) is 4.58. The van der Waals surface area contributed by atoms with Crippen molar-refractivity contribution in [3.63, 3.8) is 0 Å². The van der Waals surface area contributed by atoms with Crippen LogP contribution in [0.3, 0.4) is 0 Å². The number of nitrogens with one attached hydrogen (secondary N) is 2. The molecule has 7 heteroatoms. The van der Waals surface area contributed by atoms with E-state index in [-0.39, 0.29) is 6.04 Å². The molecule has 0 aliphatic heterocycles. The third kappa shape index (κ3) is 5.37. The molecule has 0 saturated heterocycles. The van der Waals surface area contributed by atoms with Crippen molar-refractivity contribution in [2.24, 2.45) is 0 Å². The fourth-order valence-electron chi connectivity index (χ4n) is 1.72. The van der Waals surface area contributed by atoms with E-state index in [1.54, 1.807) is 23.9 Å². The lowest BCUT2D eigenvalue weighted by Gasteiger charge is -2.15. The van der Waals surface area contributed by atoms with E-state index in [2.05, 4.69) is 32.9 Å². The Morgan fingerprint density at radius 1 is 1.40 bits per heavy atom. The molecular weight excluding hydrogens is 360 g/mol. The van der Waals surface area contributed by atoms with Crippen LogP contribution in [0.1, 0.15) is 19.4 Å². The summed E-state index contributed by atoms with van der Waals surface area (Å²) in [5, 5.41) is 3.02. The first kappa shape index (κ1) is 18.0. The molecule has 0 saturated carbocycles. The van der Waals surface area contributed by atoms with Crippen LogP contribution >= 0.6 is 27.7 Å². The first-order valence-corrected chi connectivity index (χ1v) is 9.87. The normalized spacial score (nSPS) is 13.4. The van der Waals surface area contributed by atoms with Crippen LogP contribution in [0.2, 0.25) is 0 Å². The number of sulfonamides is 1. The second-order valence-electron chi connectivity index (χ2n) is 4.48. The van der Waals surface area contributed by atoms with Gasteiger partial charge in [-0.15, -0.1) is 0 Å². The van der Waals surface area contributed by atoms with Gasteiger partial charge in [0.15, 0.2) is 0 Å². The fourth-order valence-corrected chi connectivity index (χ4v) is 4.76.